The maximum Gasteiger partial charge on any atom is 0.512 e. The second-order valence-electron chi connectivity index (χ2n) is 3.21. The second kappa shape index (κ2) is 8.39. The molecule has 0 heterocycles. The molecule has 0 radical (unpaired) electrons. The Kier molecular flexibility index (Phi) is 8.44. The highest BCUT2D eigenvalue weighted by Crippen LogP contribution is 2.48. The van der Waals surface area contributed by atoms with Gasteiger partial charge in [0.2, 0.25) is 0 Å². The summed E-state index contributed by atoms with van der Waals surface area (Å²) >= 11 is 0. The average molecular weight is 226 g/mol. The molecule has 0 rings (SSSR count). The summed E-state index contributed by atoms with van der Waals surface area (Å²) in [4.78, 5) is 0. The van der Waals surface area contributed by atoms with Crippen LogP contribution in [0.5, 0.6) is 0 Å². The highest BCUT2D eigenvalue weighted by atomic mass is 31.2. The van der Waals surface area contributed by atoms with Gasteiger partial charge in [-0.2, -0.15) is 0 Å². The minimum Gasteiger partial charge on any atom is -0.287 e. The lowest BCUT2D eigenvalue weighted by Crippen LogP contribution is -1.91. The van der Waals surface area contributed by atoms with E-state index >= 15 is 0 Å². The van der Waals surface area contributed by atoms with Gasteiger partial charge in [-0.1, -0.05) is 39.0 Å². The molecule has 0 aromatic rings. The van der Waals surface area contributed by atoms with Gasteiger partial charge in [0.25, 0.3) is 0 Å². The Morgan fingerprint density at radius 1 is 1.14 bits per heavy atom. The Bertz CT molecular complexity index is 175. The Morgan fingerprint density at radius 2 is 1.71 bits per heavy atom. The lowest BCUT2D eigenvalue weighted by molar-refractivity contribution is 0.197. The molecule has 1 unspecified atom stereocenters. The van der Waals surface area contributed by atoms with Gasteiger partial charge in [0.15, 0.2) is 0 Å². The molecule has 0 N–H and O–H groups in total. The lowest BCUT2D eigenvalue weighted by atomic mass is 10.1. The third-order valence-electron chi connectivity index (χ3n) is 1.96. The van der Waals surface area contributed by atoms with E-state index in [9.17, 15) is 8.76 Å². The van der Waals surface area contributed by atoms with Crippen LogP contribution in [0.1, 0.15) is 45.4 Å². The molecule has 0 aromatic heterocycles. The minimum atomic E-state index is -4.23. The van der Waals surface area contributed by atoms with E-state index in [-0.39, 0.29) is 6.61 Å². The molecule has 0 aliphatic carbocycles. The van der Waals surface area contributed by atoms with Crippen molar-refractivity contribution in [1.82, 2.24) is 0 Å². The highest BCUT2D eigenvalue weighted by molar-refractivity contribution is 7.48. The Labute approximate surface area is 85.6 Å². The number of rotatable bonds is 9. The molecule has 0 aliphatic rings. The van der Waals surface area contributed by atoms with Crippen LogP contribution in [0.4, 0.5) is 4.20 Å². The van der Waals surface area contributed by atoms with Gasteiger partial charge in [-0.05, 0) is 6.42 Å². The number of halogens is 1. The van der Waals surface area contributed by atoms with Crippen LogP contribution in [0.3, 0.4) is 0 Å². The zero-order chi connectivity index (χ0) is 10.9. The predicted molar refractivity (Wildman–Crippen MR) is 55.1 cm³/mol. The molecule has 0 aromatic carbocycles. The normalized spacial score (nSPS) is 15.4. The smallest absolute Gasteiger partial charge is 0.287 e. The maximum absolute atomic E-state index is 12.6. The molecule has 0 saturated carbocycles. The van der Waals surface area contributed by atoms with Gasteiger partial charge >= 0.3 is 7.91 Å². The van der Waals surface area contributed by atoms with Crippen molar-refractivity contribution in [3.8, 4) is 0 Å². The van der Waals surface area contributed by atoms with Crippen molar-refractivity contribution in [3.63, 3.8) is 0 Å². The summed E-state index contributed by atoms with van der Waals surface area (Å²) in [5, 5.41) is 0. The highest BCUT2D eigenvalue weighted by Gasteiger charge is 2.20. The zero-order valence-corrected chi connectivity index (χ0v) is 9.89. The predicted octanol–water partition coefficient (Wildman–Crippen LogP) is 4.09. The molecule has 3 nitrogen and oxygen atoms in total. The van der Waals surface area contributed by atoms with E-state index < -0.39 is 7.91 Å². The van der Waals surface area contributed by atoms with Gasteiger partial charge in [-0.25, -0.2) is 4.57 Å². The quantitative estimate of drug-likeness (QED) is 0.439. The lowest BCUT2D eigenvalue weighted by Gasteiger charge is -2.06. The van der Waals surface area contributed by atoms with E-state index in [1.807, 2.05) is 0 Å². The van der Waals surface area contributed by atoms with E-state index in [1.165, 1.54) is 19.3 Å². The summed E-state index contributed by atoms with van der Waals surface area (Å²) < 4.78 is 31.7. The molecule has 0 fully saturated rings. The van der Waals surface area contributed by atoms with Gasteiger partial charge in [0.05, 0.1) is 6.61 Å². The Morgan fingerprint density at radius 3 is 2.29 bits per heavy atom. The molecular weight excluding hydrogens is 206 g/mol. The largest absolute Gasteiger partial charge is 0.512 e. The van der Waals surface area contributed by atoms with Crippen molar-refractivity contribution in [2.45, 2.75) is 45.4 Å². The van der Waals surface area contributed by atoms with E-state index in [4.69, 9.17) is 0 Å². The molecule has 0 aliphatic heterocycles. The van der Waals surface area contributed by atoms with Crippen LogP contribution in [0, 0.1) is 0 Å². The fourth-order valence-corrected chi connectivity index (χ4v) is 1.56. The van der Waals surface area contributed by atoms with Crippen molar-refractivity contribution in [3.05, 3.63) is 0 Å². The molecule has 5 heteroatoms. The minimum absolute atomic E-state index is 0.174. The van der Waals surface area contributed by atoms with Gasteiger partial charge in [0.1, 0.15) is 0 Å². The summed E-state index contributed by atoms with van der Waals surface area (Å²) in [5.74, 6) is 0. The van der Waals surface area contributed by atoms with Crippen LogP contribution in [0.25, 0.3) is 0 Å². The third-order valence-corrected chi connectivity index (χ3v) is 2.89. The van der Waals surface area contributed by atoms with E-state index in [0.717, 1.165) is 26.4 Å². The topological polar surface area (TPSA) is 35.5 Å². The number of unbranched alkanes of at least 4 members (excludes halogenated alkanes) is 5. The Balaban J connectivity index is 3.17. The fraction of sp³-hybridized carbons (Fsp3) is 1.00. The van der Waals surface area contributed by atoms with Crippen LogP contribution in [0.15, 0.2) is 0 Å². The molecule has 14 heavy (non-hydrogen) atoms. The van der Waals surface area contributed by atoms with Crippen molar-refractivity contribution >= 4 is 7.91 Å². The molecule has 0 bridgehead atoms. The molecule has 0 saturated heterocycles. The van der Waals surface area contributed by atoms with Crippen molar-refractivity contribution in [2.24, 2.45) is 0 Å². The standard InChI is InChI=1S/C9H20FO3P/c1-3-4-5-6-7-8-9-13-14(10,11)12-2/h3-9H2,1-2H3. The molecule has 0 amide bonds. The second-order valence-corrected chi connectivity index (χ2v) is 4.70. The first-order chi connectivity index (χ1) is 6.62. The first kappa shape index (κ1) is 14.1. The van der Waals surface area contributed by atoms with Gasteiger partial charge in [-0.3, -0.25) is 9.05 Å². The third kappa shape index (κ3) is 8.67. The number of hydrogen-bond donors (Lipinski definition) is 0. The zero-order valence-electron chi connectivity index (χ0n) is 9.00. The monoisotopic (exact) mass is 226 g/mol. The van der Waals surface area contributed by atoms with Crippen LogP contribution >= 0.6 is 7.91 Å². The van der Waals surface area contributed by atoms with E-state index in [0.29, 0.717) is 0 Å². The van der Waals surface area contributed by atoms with Gasteiger partial charge < -0.3 is 0 Å². The van der Waals surface area contributed by atoms with Crippen LogP contribution in [-0.4, -0.2) is 13.7 Å². The summed E-state index contributed by atoms with van der Waals surface area (Å²) in [6.07, 6.45) is 6.50. The molecule has 86 valence electrons. The van der Waals surface area contributed by atoms with Crippen molar-refractivity contribution < 1.29 is 17.8 Å². The van der Waals surface area contributed by atoms with Crippen molar-refractivity contribution in [2.75, 3.05) is 13.7 Å². The molecular formula is C9H20FO3P. The maximum atomic E-state index is 12.6. The SMILES string of the molecule is CCCCCCCCOP(=O)(F)OC. The van der Waals surface area contributed by atoms with Gasteiger partial charge in [-0.15, -0.1) is 4.20 Å². The number of hydrogen-bond acceptors (Lipinski definition) is 3. The van der Waals surface area contributed by atoms with E-state index in [1.54, 1.807) is 0 Å². The summed E-state index contributed by atoms with van der Waals surface area (Å²) in [6.45, 7) is 2.33. The first-order valence-electron chi connectivity index (χ1n) is 5.12. The fourth-order valence-electron chi connectivity index (χ4n) is 1.11. The summed E-state index contributed by atoms with van der Waals surface area (Å²) in [7, 11) is -3.19. The average Bonchev–Trinajstić information content (AvgIpc) is 2.16. The first-order valence-corrected chi connectivity index (χ1v) is 6.55. The molecule has 0 spiro atoms. The van der Waals surface area contributed by atoms with Crippen molar-refractivity contribution in [1.29, 1.82) is 0 Å². The van der Waals surface area contributed by atoms with Crippen LogP contribution in [-0.2, 0) is 13.6 Å². The van der Waals surface area contributed by atoms with E-state index in [2.05, 4.69) is 16.0 Å². The summed E-state index contributed by atoms with van der Waals surface area (Å²) in [5.41, 5.74) is 0. The Hall–Kier alpha value is 0.0800. The van der Waals surface area contributed by atoms with Crippen LogP contribution in [0.2, 0.25) is 0 Å². The molecule has 1 atom stereocenters. The van der Waals surface area contributed by atoms with Crippen LogP contribution < -0.4 is 0 Å². The summed E-state index contributed by atoms with van der Waals surface area (Å²) in [6, 6.07) is 0. The van der Waals surface area contributed by atoms with Gasteiger partial charge in [0, 0.05) is 7.11 Å².